The van der Waals surface area contributed by atoms with Gasteiger partial charge < -0.3 is 5.32 Å². The normalized spacial score (nSPS) is 18.2. The van der Waals surface area contributed by atoms with Crippen LogP contribution < -0.4 is 5.32 Å². The van der Waals surface area contributed by atoms with E-state index in [-0.39, 0.29) is 22.4 Å². The number of thiophene rings is 1. The van der Waals surface area contributed by atoms with Gasteiger partial charge in [-0.15, -0.1) is 11.3 Å². The molecule has 2 aromatic rings. The molecule has 1 aliphatic rings. The van der Waals surface area contributed by atoms with Gasteiger partial charge in [0.25, 0.3) is 10.0 Å². The first-order valence-corrected chi connectivity index (χ1v) is 11.5. The number of nitrogens with zero attached hydrogens (tertiary/aromatic N) is 1. The standard InChI is InChI=1S/C18H19BrN2O4S2/c1-12(22)13-4-2-6-15(10-13)20-18(23)14-5-3-9-21(11-14)27(24,25)17-8-7-16(19)26-17/h2,4,6-8,10,14H,3,5,9,11H2,1H3,(H,20,23)/t14-/m1/s1. The highest BCUT2D eigenvalue weighted by atomic mass is 79.9. The third kappa shape index (κ3) is 4.66. The van der Waals surface area contributed by atoms with Crippen molar-refractivity contribution in [2.75, 3.05) is 18.4 Å². The van der Waals surface area contributed by atoms with Gasteiger partial charge in [-0.1, -0.05) is 12.1 Å². The first kappa shape index (κ1) is 20.2. The highest BCUT2D eigenvalue weighted by Gasteiger charge is 2.34. The van der Waals surface area contributed by atoms with E-state index in [1.807, 2.05) is 0 Å². The molecule has 27 heavy (non-hydrogen) atoms. The predicted octanol–water partition coefficient (Wildman–Crippen LogP) is 3.75. The molecule has 9 heteroatoms. The summed E-state index contributed by atoms with van der Waals surface area (Å²) in [6.45, 7) is 2.02. The van der Waals surface area contributed by atoms with Gasteiger partial charge in [0.1, 0.15) is 4.21 Å². The van der Waals surface area contributed by atoms with Crippen molar-refractivity contribution in [3.8, 4) is 0 Å². The SMILES string of the molecule is CC(=O)c1cccc(NC(=O)[C@@H]2CCCN(S(=O)(=O)c3ccc(Br)s3)C2)c1. The zero-order chi connectivity index (χ0) is 19.6. The first-order chi connectivity index (χ1) is 12.8. The van der Waals surface area contributed by atoms with E-state index in [1.54, 1.807) is 36.4 Å². The number of ketones is 1. The Morgan fingerprint density at radius 2 is 2.04 bits per heavy atom. The Labute approximate surface area is 170 Å². The number of hydrogen-bond donors (Lipinski definition) is 1. The number of hydrogen-bond acceptors (Lipinski definition) is 5. The van der Waals surface area contributed by atoms with Crippen LogP contribution in [0.25, 0.3) is 0 Å². The number of rotatable bonds is 5. The molecule has 6 nitrogen and oxygen atoms in total. The Morgan fingerprint density at radius 1 is 1.26 bits per heavy atom. The molecule has 0 saturated carbocycles. The molecule has 1 N–H and O–H groups in total. The largest absolute Gasteiger partial charge is 0.326 e. The summed E-state index contributed by atoms with van der Waals surface area (Å²) in [5, 5.41) is 2.81. The topological polar surface area (TPSA) is 83.6 Å². The quantitative estimate of drug-likeness (QED) is 0.674. The number of nitrogens with one attached hydrogen (secondary N) is 1. The second-order valence-corrected chi connectivity index (χ2v) is 11.0. The maximum absolute atomic E-state index is 12.8. The van der Waals surface area contributed by atoms with Gasteiger partial charge in [-0.05, 0) is 60.0 Å². The van der Waals surface area contributed by atoms with Crippen molar-refractivity contribution in [2.24, 2.45) is 5.92 Å². The molecular weight excluding hydrogens is 452 g/mol. The van der Waals surface area contributed by atoms with Crippen LogP contribution in [-0.4, -0.2) is 37.5 Å². The molecule has 1 aromatic heterocycles. The van der Waals surface area contributed by atoms with Gasteiger partial charge in [-0.2, -0.15) is 4.31 Å². The van der Waals surface area contributed by atoms with Crippen LogP contribution in [0, 0.1) is 5.92 Å². The Bertz CT molecular complexity index is 971. The van der Waals surface area contributed by atoms with Crippen molar-refractivity contribution in [1.82, 2.24) is 4.31 Å². The molecule has 0 unspecified atom stereocenters. The molecule has 144 valence electrons. The van der Waals surface area contributed by atoms with Crippen LogP contribution in [0.5, 0.6) is 0 Å². The van der Waals surface area contributed by atoms with Crippen LogP contribution in [0.3, 0.4) is 0 Å². The van der Waals surface area contributed by atoms with Crippen molar-refractivity contribution in [3.63, 3.8) is 0 Å². The molecule has 1 saturated heterocycles. The molecule has 0 spiro atoms. The Hall–Kier alpha value is -1.55. The summed E-state index contributed by atoms with van der Waals surface area (Å²) >= 11 is 4.44. The predicted molar refractivity (Wildman–Crippen MR) is 109 cm³/mol. The van der Waals surface area contributed by atoms with E-state index in [0.717, 1.165) is 15.1 Å². The summed E-state index contributed by atoms with van der Waals surface area (Å²) in [7, 11) is -3.60. The van der Waals surface area contributed by atoms with E-state index in [2.05, 4.69) is 21.2 Å². The summed E-state index contributed by atoms with van der Waals surface area (Å²) in [4.78, 5) is 24.1. The molecule has 1 aliphatic heterocycles. The molecule has 1 atom stereocenters. The molecule has 1 amide bonds. The Kier molecular flexibility index (Phi) is 6.15. The number of benzene rings is 1. The molecule has 1 aromatic carbocycles. The maximum atomic E-state index is 12.8. The van der Waals surface area contributed by atoms with E-state index < -0.39 is 15.9 Å². The van der Waals surface area contributed by atoms with Crippen molar-refractivity contribution in [2.45, 2.75) is 24.0 Å². The lowest BCUT2D eigenvalue weighted by atomic mass is 9.98. The number of anilines is 1. The van der Waals surface area contributed by atoms with Crippen LogP contribution in [0.2, 0.25) is 0 Å². The summed E-state index contributed by atoms with van der Waals surface area (Å²) in [6.07, 6.45) is 1.25. The van der Waals surface area contributed by atoms with E-state index >= 15 is 0 Å². The average Bonchev–Trinajstić information content (AvgIpc) is 3.09. The maximum Gasteiger partial charge on any atom is 0.252 e. The Morgan fingerprint density at radius 3 is 2.70 bits per heavy atom. The van der Waals surface area contributed by atoms with Crippen LogP contribution in [-0.2, 0) is 14.8 Å². The fourth-order valence-electron chi connectivity index (χ4n) is 3.00. The van der Waals surface area contributed by atoms with E-state index in [1.165, 1.54) is 11.2 Å². The molecule has 3 rings (SSSR count). The van der Waals surface area contributed by atoms with Crippen LogP contribution in [0.1, 0.15) is 30.1 Å². The number of Topliss-reactive ketones (excluding diaryl/α,β-unsaturated/α-hetero) is 1. The van der Waals surface area contributed by atoms with E-state index in [9.17, 15) is 18.0 Å². The fraction of sp³-hybridized carbons (Fsp3) is 0.333. The number of piperidine rings is 1. The first-order valence-electron chi connectivity index (χ1n) is 8.45. The van der Waals surface area contributed by atoms with Gasteiger partial charge in [0, 0.05) is 24.3 Å². The molecule has 0 aliphatic carbocycles. The second kappa shape index (κ2) is 8.22. The third-order valence-electron chi connectivity index (χ3n) is 4.43. The minimum Gasteiger partial charge on any atom is -0.326 e. The third-order valence-corrected chi connectivity index (χ3v) is 8.39. The smallest absolute Gasteiger partial charge is 0.252 e. The van der Waals surface area contributed by atoms with E-state index in [4.69, 9.17) is 0 Å². The van der Waals surface area contributed by atoms with Gasteiger partial charge >= 0.3 is 0 Å². The van der Waals surface area contributed by atoms with Crippen molar-refractivity contribution < 1.29 is 18.0 Å². The second-order valence-electron chi connectivity index (χ2n) is 6.39. The lowest BCUT2D eigenvalue weighted by Gasteiger charge is -2.30. The summed E-state index contributed by atoms with van der Waals surface area (Å²) < 4.78 is 28.0. The number of carbonyl (C=O) groups is 2. The number of carbonyl (C=O) groups excluding carboxylic acids is 2. The number of amides is 1. The van der Waals surface area contributed by atoms with Crippen molar-refractivity contribution >= 4 is 54.7 Å². The lowest BCUT2D eigenvalue weighted by molar-refractivity contribution is -0.120. The van der Waals surface area contributed by atoms with Gasteiger partial charge in [-0.3, -0.25) is 9.59 Å². The summed E-state index contributed by atoms with van der Waals surface area (Å²) in [5.74, 6) is -0.746. The van der Waals surface area contributed by atoms with Crippen LogP contribution >= 0.6 is 27.3 Å². The molecule has 1 fully saturated rings. The van der Waals surface area contributed by atoms with Crippen molar-refractivity contribution in [3.05, 3.63) is 45.7 Å². The zero-order valence-electron chi connectivity index (χ0n) is 14.6. The Balaban J connectivity index is 1.71. The van der Waals surface area contributed by atoms with Crippen LogP contribution in [0.4, 0.5) is 5.69 Å². The van der Waals surface area contributed by atoms with Crippen molar-refractivity contribution in [1.29, 1.82) is 0 Å². The van der Waals surface area contributed by atoms with Gasteiger partial charge in [0.15, 0.2) is 5.78 Å². The number of halogens is 1. The van der Waals surface area contributed by atoms with Gasteiger partial charge in [-0.25, -0.2) is 8.42 Å². The average molecular weight is 471 g/mol. The molecule has 2 heterocycles. The van der Waals surface area contributed by atoms with E-state index in [0.29, 0.717) is 30.6 Å². The summed E-state index contributed by atoms with van der Waals surface area (Å²) in [5.41, 5.74) is 1.05. The molecule has 0 bridgehead atoms. The minimum atomic E-state index is -3.60. The highest BCUT2D eigenvalue weighted by Crippen LogP contribution is 2.31. The zero-order valence-corrected chi connectivity index (χ0v) is 17.9. The highest BCUT2D eigenvalue weighted by molar-refractivity contribution is 9.11. The monoisotopic (exact) mass is 470 g/mol. The minimum absolute atomic E-state index is 0.0804. The van der Waals surface area contributed by atoms with Gasteiger partial charge in [0.05, 0.1) is 9.70 Å². The van der Waals surface area contributed by atoms with Gasteiger partial charge in [0.2, 0.25) is 5.91 Å². The molecular formula is C18H19BrN2O4S2. The summed E-state index contributed by atoms with van der Waals surface area (Å²) in [6, 6.07) is 10.0. The lowest BCUT2D eigenvalue weighted by Crippen LogP contribution is -2.43. The van der Waals surface area contributed by atoms with Crippen LogP contribution in [0.15, 0.2) is 44.4 Å². The fourth-order valence-corrected chi connectivity index (χ4v) is 6.69. The number of sulfonamides is 1. The molecule has 0 radical (unpaired) electrons.